The lowest BCUT2D eigenvalue weighted by Gasteiger charge is -2.28. The number of carbonyl (C=O) groups is 2. The third kappa shape index (κ3) is 2.84. The molecule has 2 N–H and O–H groups in total. The fourth-order valence-corrected chi connectivity index (χ4v) is 2.02. The summed E-state index contributed by atoms with van der Waals surface area (Å²) in [7, 11) is 0. The van der Waals surface area contributed by atoms with Crippen LogP contribution in [0.2, 0.25) is 0 Å². The summed E-state index contributed by atoms with van der Waals surface area (Å²) in [4.78, 5) is 24.1. The van der Waals surface area contributed by atoms with Gasteiger partial charge in [-0.2, -0.15) is 0 Å². The van der Waals surface area contributed by atoms with Crippen molar-refractivity contribution in [2.24, 2.45) is 5.92 Å². The van der Waals surface area contributed by atoms with Crippen LogP contribution >= 0.6 is 0 Å². The topological polar surface area (TPSA) is 78.9 Å². The Bertz CT molecular complexity index is 530. The molecule has 6 heteroatoms. The highest BCUT2D eigenvalue weighted by atomic mass is 16.5. The maximum atomic E-state index is 11.7. The number of nitrogens with zero attached hydrogens (tertiary/aromatic N) is 1. The normalized spacial score (nSPS) is 15.3. The van der Waals surface area contributed by atoms with Crippen LogP contribution in [0.3, 0.4) is 0 Å². The molecule has 1 aliphatic rings. The first kappa shape index (κ1) is 14.2. The Kier molecular flexibility index (Phi) is 4.12. The van der Waals surface area contributed by atoms with Gasteiger partial charge in [-0.25, -0.2) is 0 Å². The molecule has 108 valence electrons. The number of anilines is 2. The monoisotopic (exact) mass is 278 g/mol. The molecule has 1 atom stereocenters. The number of carbonyl (C=O) groups excluding carboxylic acids is 1. The number of hydrogen-bond donors (Lipinski definition) is 2. The average molecular weight is 278 g/mol. The Hall–Kier alpha value is -2.24. The van der Waals surface area contributed by atoms with Crippen molar-refractivity contribution in [3.05, 3.63) is 18.2 Å². The molecule has 1 aromatic rings. The number of carboxylic acid groups (broad SMARTS) is 1. The first-order valence-electron chi connectivity index (χ1n) is 6.56. The summed E-state index contributed by atoms with van der Waals surface area (Å²) in [6, 6.07) is 5.42. The molecule has 6 nitrogen and oxygen atoms in total. The van der Waals surface area contributed by atoms with Crippen molar-refractivity contribution in [2.45, 2.75) is 13.8 Å². The number of nitrogens with one attached hydrogen (secondary N) is 1. The summed E-state index contributed by atoms with van der Waals surface area (Å²) >= 11 is 0. The summed E-state index contributed by atoms with van der Waals surface area (Å²) in [5.74, 6) is -0.727. The minimum atomic E-state index is -0.838. The number of likely N-dealkylation sites (N-methyl/N-ethyl adjacent to an activating group) is 1. The lowest BCUT2D eigenvalue weighted by atomic mass is 10.1. The second-order valence-corrected chi connectivity index (χ2v) is 4.73. The molecule has 0 saturated carbocycles. The number of hydrogen-bond acceptors (Lipinski definition) is 4. The summed E-state index contributed by atoms with van der Waals surface area (Å²) in [5, 5.41) is 11.9. The van der Waals surface area contributed by atoms with Crippen LogP contribution in [0.15, 0.2) is 18.2 Å². The third-order valence-corrected chi connectivity index (χ3v) is 3.25. The van der Waals surface area contributed by atoms with E-state index in [1.165, 1.54) is 0 Å². The smallest absolute Gasteiger partial charge is 0.308 e. The van der Waals surface area contributed by atoms with Crippen molar-refractivity contribution in [1.29, 1.82) is 0 Å². The highest BCUT2D eigenvalue weighted by Gasteiger charge is 2.24. The maximum absolute atomic E-state index is 11.7. The molecule has 1 aliphatic heterocycles. The maximum Gasteiger partial charge on any atom is 0.308 e. The quantitative estimate of drug-likeness (QED) is 0.854. The van der Waals surface area contributed by atoms with E-state index in [1.807, 2.05) is 19.1 Å². The lowest BCUT2D eigenvalue weighted by Crippen LogP contribution is -2.38. The molecule has 1 heterocycles. The Morgan fingerprint density at radius 1 is 1.55 bits per heavy atom. The largest absolute Gasteiger partial charge is 0.481 e. The highest BCUT2D eigenvalue weighted by molar-refractivity contribution is 5.98. The van der Waals surface area contributed by atoms with Gasteiger partial charge in [-0.1, -0.05) is 6.92 Å². The van der Waals surface area contributed by atoms with E-state index in [0.717, 1.165) is 11.4 Å². The summed E-state index contributed by atoms with van der Waals surface area (Å²) in [5.41, 5.74) is 1.53. The second kappa shape index (κ2) is 5.81. The van der Waals surface area contributed by atoms with E-state index in [-0.39, 0.29) is 12.5 Å². The number of ether oxygens (including phenoxy) is 1. The Labute approximate surface area is 117 Å². The number of benzene rings is 1. The van der Waals surface area contributed by atoms with E-state index in [1.54, 1.807) is 17.9 Å². The second-order valence-electron chi connectivity index (χ2n) is 4.73. The standard InChI is InChI=1S/C14H18N2O4/c1-3-16-11-5-4-10(15-7-9(2)14(18)19)6-12(11)20-8-13(16)17/h4-6,9,15H,3,7-8H2,1-2H3,(H,18,19). The van der Waals surface area contributed by atoms with E-state index in [2.05, 4.69) is 5.32 Å². The predicted octanol–water partition coefficient (Wildman–Crippen LogP) is 1.56. The highest BCUT2D eigenvalue weighted by Crippen LogP contribution is 2.34. The van der Waals surface area contributed by atoms with Gasteiger partial charge in [0.1, 0.15) is 5.75 Å². The molecule has 0 radical (unpaired) electrons. The van der Waals surface area contributed by atoms with Gasteiger partial charge in [-0.3, -0.25) is 9.59 Å². The van der Waals surface area contributed by atoms with E-state index < -0.39 is 11.9 Å². The van der Waals surface area contributed by atoms with Crippen LogP contribution < -0.4 is 15.0 Å². The van der Waals surface area contributed by atoms with Crippen molar-refractivity contribution in [2.75, 3.05) is 29.9 Å². The minimum Gasteiger partial charge on any atom is -0.481 e. The number of amides is 1. The summed E-state index contributed by atoms with van der Waals surface area (Å²) < 4.78 is 5.42. The van der Waals surface area contributed by atoms with Crippen LogP contribution in [-0.2, 0) is 9.59 Å². The molecule has 0 aromatic heterocycles. The minimum absolute atomic E-state index is 0.0375. The number of aliphatic carboxylic acids is 1. The Morgan fingerprint density at radius 3 is 2.95 bits per heavy atom. The lowest BCUT2D eigenvalue weighted by molar-refractivity contribution is -0.140. The SMILES string of the molecule is CCN1C(=O)COc2cc(NCC(C)C(=O)O)ccc21. The van der Waals surface area contributed by atoms with Gasteiger partial charge >= 0.3 is 5.97 Å². The number of fused-ring (bicyclic) bond motifs is 1. The molecule has 0 aliphatic carbocycles. The van der Waals surface area contributed by atoms with Crippen LogP contribution in [-0.4, -0.2) is 36.7 Å². The molecule has 1 aromatic carbocycles. The average Bonchev–Trinajstić information content (AvgIpc) is 2.44. The number of rotatable bonds is 5. The molecule has 0 fully saturated rings. The van der Waals surface area contributed by atoms with Crippen LogP contribution in [0.25, 0.3) is 0 Å². The summed E-state index contributed by atoms with van der Waals surface area (Å²) in [6.07, 6.45) is 0. The van der Waals surface area contributed by atoms with Gasteiger partial charge in [-0.15, -0.1) is 0 Å². The van der Waals surface area contributed by atoms with Crippen molar-refractivity contribution < 1.29 is 19.4 Å². The fraction of sp³-hybridized carbons (Fsp3) is 0.429. The van der Waals surface area contributed by atoms with Crippen LogP contribution in [0.5, 0.6) is 5.75 Å². The van der Waals surface area contributed by atoms with E-state index in [4.69, 9.17) is 9.84 Å². The molecular formula is C14H18N2O4. The van der Waals surface area contributed by atoms with Gasteiger partial charge in [0.2, 0.25) is 0 Å². The van der Waals surface area contributed by atoms with E-state index in [9.17, 15) is 9.59 Å². The predicted molar refractivity (Wildman–Crippen MR) is 75.3 cm³/mol. The molecule has 1 amide bonds. The molecule has 1 unspecified atom stereocenters. The molecule has 0 spiro atoms. The zero-order chi connectivity index (χ0) is 14.7. The first-order valence-corrected chi connectivity index (χ1v) is 6.56. The fourth-order valence-electron chi connectivity index (χ4n) is 2.02. The zero-order valence-electron chi connectivity index (χ0n) is 11.5. The van der Waals surface area contributed by atoms with E-state index in [0.29, 0.717) is 18.8 Å². The van der Waals surface area contributed by atoms with Gasteiger partial charge in [0.15, 0.2) is 6.61 Å². The van der Waals surface area contributed by atoms with Crippen molar-refractivity contribution >= 4 is 23.3 Å². The van der Waals surface area contributed by atoms with Crippen molar-refractivity contribution in [3.63, 3.8) is 0 Å². The van der Waals surface area contributed by atoms with Crippen molar-refractivity contribution in [1.82, 2.24) is 0 Å². The van der Waals surface area contributed by atoms with Crippen LogP contribution in [0, 0.1) is 5.92 Å². The number of carboxylic acids is 1. The van der Waals surface area contributed by atoms with Crippen LogP contribution in [0.1, 0.15) is 13.8 Å². The summed E-state index contributed by atoms with van der Waals surface area (Å²) in [6.45, 7) is 4.52. The molecule has 2 rings (SSSR count). The first-order chi connectivity index (χ1) is 9.52. The Morgan fingerprint density at radius 2 is 2.30 bits per heavy atom. The van der Waals surface area contributed by atoms with Crippen molar-refractivity contribution in [3.8, 4) is 5.75 Å². The molecule has 0 bridgehead atoms. The molecule has 20 heavy (non-hydrogen) atoms. The third-order valence-electron chi connectivity index (χ3n) is 3.25. The van der Waals surface area contributed by atoms with Gasteiger partial charge in [0.05, 0.1) is 11.6 Å². The van der Waals surface area contributed by atoms with Crippen LogP contribution in [0.4, 0.5) is 11.4 Å². The molecule has 0 saturated heterocycles. The van der Waals surface area contributed by atoms with Gasteiger partial charge in [0.25, 0.3) is 5.91 Å². The van der Waals surface area contributed by atoms with E-state index >= 15 is 0 Å². The zero-order valence-corrected chi connectivity index (χ0v) is 11.5. The van der Waals surface area contributed by atoms with Gasteiger partial charge in [-0.05, 0) is 19.1 Å². The van der Waals surface area contributed by atoms with Gasteiger partial charge in [0, 0.05) is 24.8 Å². The Balaban J connectivity index is 2.12. The van der Waals surface area contributed by atoms with Gasteiger partial charge < -0.3 is 20.1 Å². The molecular weight excluding hydrogens is 260 g/mol.